The summed E-state index contributed by atoms with van der Waals surface area (Å²) in [5.41, 5.74) is 0. The summed E-state index contributed by atoms with van der Waals surface area (Å²) in [5, 5.41) is 3.22. The zero-order valence-electron chi connectivity index (χ0n) is 10.9. The lowest BCUT2D eigenvalue weighted by Gasteiger charge is -2.25. The van der Waals surface area contributed by atoms with Gasteiger partial charge in [-0.1, -0.05) is 0 Å². The third kappa shape index (κ3) is 3.58. The number of rotatable bonds is 4. The molecule has 100 valence electrons. The fraction of sp³-hybridized carbons (Fsp3) is 0.615. The van der Waals surface area contributed by atoms with Crippen LogP contribution in [0.25, 0.3) is 0 Å². The van der Waals surface area contributed by atoms with Crippen molar-refractivity contribution in [1.29, 1.82) is 0 Å². The molecule has 1 unspecified atom stereocenters. The molecule has 1 aromatic rings. The zero-order valence-corrected chi connectivity index (χ0v) is 10.9. The van der Waals surface area contributed by atoms with Crippen LogP contribution in [0.3, 0.4) is 0 Å². The van der Waals surface area contributed by atoms with Crippen LogP contribution in [0, 0.1) is 6.92 Å². The van der Waals surface area contributed by atoms with Crippen LogP contribution in [-0.4, -0.2) is 43.7 Å². The van der Waals surface area contributed by atoms with Crippen LogP contribution in [-0.2, 0) is 16.1 Å². The summed E-state index contributed by atoms with van der Waals surface area (Å²) in [6.07, 6.45) is 0.412. The molecule has 1 atom stereocenters. The maximum Gasteiger partial charge on any atom is 0.225 e. The van der Waals surface area contributed by atoms with Crippen LogP contribution in [0.1, 0.15) is 17.9 Å². The van der Waals surface area contributed by atoms with E-state index in [1.807, 2.05) is 19.1 Å². The molecule has 0 aromatic carbocycles. The fourth-order valence-electron chi connectivity index (χ4n) is 1.99. The molecular weight excluding hydrogens is 232 g/mol. The van der Waals surface area contributed by atoms with Crippen LogP contribution < -0.4 is 5.32 Å². The topological polar surface area (TPSA) is 54.7 Å². The van der Waals surface area contributed by atoms with Gasteiger partial charge in [0.1, 0.15) is 11.5 Å². The van der Waals surface area contributed by atoms with E-state index in [0.717, 1.165) is 24.6 Å². The van der Waals surface area contributed by atoms with Crippen molar-refractivity contribution < 1.29 is 13.9 Å². The summed E-state index contributed by atoms with van der Waals surface area (Å²) in [7, 11) is 1.79. The average molecular weight is 252 g/mol. The van der Waals surface area contributed by atoms with Gasteiger partial charge in [-0.2, -0.15) is 0 Å². The SMILES string of the molecule is Cc1ccc(CN(C)C(=O)CC2CNCCO2)o1. The molecule has 1 amide bonds. The second-order valence-corrected chi connectivity index (χ2v) is 4.66. The Kier molecular flexibility index (Phi) is 4.38. The lowest BCUT2D eigenvalue weighted by Crippen LogP contribution is -2.41. The molecule has 0 saturated carbocycles. The third-order valence-corrected chi connectivity index (χ3v) is 3.02. The minimum absolute atomic E-state index is 0.00737. The molecule has 2 heterocycles. The first kappa shape index (κ1) is 13.1. The Labute approximate surface area is 107 Å². The van der Waals surface area contributed by atoms with E-state index < -0.39 is 0 Å². The summed E-state index contributed by atoms with van der Waals surface area (Å²) >= 11 is 0. The van der Waals surface area contributed by atoms with E-state index in [-0.39, 0.29) is 12.0 Å². The first-order valence-electron chi connectivity index (χ1n) is 6.27. The van der Waals surface area contributed by atoms with E-state index in [4.69, 9.17) is 9.15 Å². The predicted octanol–water partition coefficient (Wildman–Crippen LogP) is 0.925. The molecular formula is C13H20N2O3. The number of aryl methyl sites for hydroxylation is 1. The number of nitrogens with one attached hydrogen (secondary N) is 1. The van der Waals surface area contributed by atoms with Gasteiger partial charge in [0.15, 0.2) is 0 Å². The number of hydrogen-bond acceptors (Lipinski definition) is 4. The van der Waals surface area contributed by atoms with Crippen molar-refractivity contribution in [2.45, 2.75) is 26.0 Å². The van der Waals surface area contributed by atoms with Gasteiger partial charge in [0, 0.05) is 20.1 Å². The van der Waals surface area contributed by atoms with E-state index in [0.29, 0.717) is 19.6 Å². The van der Waals surface area contributed by atoms with Crippen molar-refractivity contribution in [2.75, 3.05) is 26.7 Å². The molecule has 1 aliphatic rings. The highest BCUT2D eigenvalue weighted by Gasteiger charge is 2.20. The summed E-state index contributed by atoms with van der Waals surface area (Å²) in [6.45, 7) is 4.70. The maximum absolute atomic E-state index is 12.0. The first-order chi connectivity index (χ1) is 8.65. The van der Waals surface area contributed by atoms with Gasteiger partial charge in [0.25, 0.3) is 0 Å². The van der Waals surface area contributed by atoms with Crippen molar-refractivity contribution in [3.63, 3.8) is 0 Å². The highest BCUT2D eigenvalue weighted by molar-refractivity contribution is 5.76. The number of ether oxygens (including phenoxy) is 1. The standard InChI is InChI=1S/C13H20N2O3/c1-10-3-4-11(18-10)9-15(2)13(16)7-12-8-14-5-6-17-12/h3-4,12,14H,5-9H2,1-2H3. The lowest BCUT2D eigenvalue weighted by molar-refractivity contribution is -0.134. The number of hydrogen-bond donors (Lipinski definition) is 1. The fourth-order valence-corrected chi connectivity index (χ4v) is 1.99. The van der Waals surface area contributed by atoms with Crippen LogP contribution in [0.4, 0.5) is 0 Å². The molecule has 0 aliphatic carbocycles. The largest absolute Gasteiger partial charge is 0.464 e. The number of amides is 1. The van der Waals surface area contributed by atoms with E-state index in [2.05, 4.69) is 5.32 Å². The van der Waals surface area contributed by atoms with E-state index in [1.54, 1.807) is 11.9 Å². The number of carbonyl (C=O) groups is 1. The van der Waals surface area contributed by atoms with Gasteiger partial charge in [0.05, 0.1) is 25.7 Å². The zero-order chi connectivity index (χ0) is 13.0. The number of nitrogens with zero attached hydrogens (tertiary/aromatic N) is 1. The Bertz CT molecular complexity index is 397. The minimum Gasteiger partial charge on any atom is -0.464 e. The monoisotopic (exact) mass is 252 g/mol. The number of morpholine rings is 1. The average Bonchev–Trinajstić information content (AvgIpc) is 2.76. The van der Waals surface area contributed by atoms with E-state index >= 15 is 0 Å². The van der Waals surface area contributed by atoms with Crippen LogP contribution >= 0.6 is 0 Å². The van der Waals surface area contributed by atoms with E-state index in [9.17, 15) is 4.79 Å². The maximum atomic E-state index is 12.0. The van der Waals surface area contributed by atoms with Crippen molar-refractivity contribution in [2.24, 2.45) is 0 Å². The highest BCUT2D eigenvalue weighted by atomic mass is 16.5. The predicted molar refractivity (Wildman–Crippen MR) is 67.1 cm³/mol. The van der Waals surface area contributed by atoms with E-state index in [1.165, 1.54) is 0 Å². The molecule has 0 spiro atoms. The number of carbonyl (C=O) groups excluding carboxylic acids is 1. The van der Waals surface area contributed by atoms with Gasteiger partial charge < -0.3 is 19.4 Å². The Morgan fingerprint density at radius 3 is 3.00 bits per heavy atom. The van der Waals surface area contributed by atoms with Gasteiger partial charge in [0.2, 0.25) is 5.91 Å². The normalized spacial score (nSPS) is 19.8. The molecule has 18 heavy (non-hydrogen) atoms. The molecule has 1 fully saturated rings. The molecule has 1 N–H and O–H groups in total. The Hall–Kier alpha value is -1.33. The minimum atomic E-state index is -0.00737. The highest BCUT2D eigenvalue weighted by Crippen LogP contribution is 2.10. The second-order valence-electron chi connectivity index (χ2n) is 4.66. The summed E-state index contributed by atoms with van der Waals surface area (Å²) in [4.78, 5) is 13.7. The van der Waals surface area contributed by atoms with Gasteiger partial charge in [-0.25, -0.2) is 0 Å². The lowest BCUT2D eigenvalue weighted by atomic mass is 10.2. The Morgan fingerprint density at radius 2 is 2.39 bits per heavy atom. The Balaban J connectivity index is 1.80. The van der Waals surface area contributed by atoms with Crippen LogP contribution in [0.5, 0.6) is 0 Å². The van der Waals surface area contributed by atoms with Crippen molar-refractivity contribution in [3.8, 4) is 0 Å². The Morgan fingerprint density at radius 1 is 1.56 bits per heavy atom. The smallest absolute Gasteiger partial charge is 0.225 e. The molecule has 1 aliphatic heterocycles. The molecule has 1 saturated heterocycles. The summed E-state index contributed by atoms with van der Waals surface area (Å²) in [6, 6.07) is 3.81. The van der Waals surface area contributed by atoms with Gasteiger partial charge >= 0.3 is 0 Å². The third-order valence-electron chi connectivity index (χ3n) is 3.02. The first-order valence-corrected chi connectivity index (χ1v) is 6.27. The van der Waals surface area contributed by atoms with Crippen molar-refractivity contribution >= 4 is 5.91 Å². The second kappa shape index (κ2) is 6.02. The molecule has 1 aromatic heterocycles. The molecule has 5 nitrogen and oxygen atoms in total. The van der Waals surface area contributed by atoms with Crippen LogP contribution in [0.2, 0.25) is 0 Å². The molecule has 5 heteroatoms. The summed E-state index contributed by atoms with van der Waals surface area (Å²) < 4.78 is 11.0. The molecule has 0 radical (unpaired) electrons. The van der Waals surface area contributed by atoms with Gasteiger partial charge in [-0.15, -0.1) is 0 Å². The van der Waals surface area contributed by atoms with Crippen LogP contribution in [0.15, 0.2) is 16.5 Å². The molecule has 0 bridgehead atoms. The van der Waals surface area contributed by atoms with Crippen molar-refractivity contribution in [3.05, 3.63) is 23.7 Å². The number of furan rings is 1. The van der Waals surface area contributed by atoms with Gasteiger partial charge in [-0.3, -0.25) is 4.79 Å². The van der Waals surface area contributed by atoms with Gasteiger partial charge in [-0.05, 0) is 19.1 Å². The van der Waals surface area contributed by atoms with Crippen molar-refractivity contribution in [1.82, 2.24) is 10.2 Å². The summed E-state index contributed by atoms with van der Waals surface area (Å²) in [5.74, 6) is 1.76. The molecule has 2 rings (SSSR count). The quantitative estimate of drug-likeness (QED) is 0.866.